The van der Waals surface area contributed by atoms with Gasteiger partial charge in [0.1, 0.15) is 12.4 Å². The standard InChI is InChI=1S/C15H23ClN2O3/c1-4-20-7-8-21-14-6-5-12(16)9-13(14)18-15(19)11(2)10-17-3/h5-6,9,11,17H,4,7-8,10H2,1-3H3,(H,18,19). The molecule has 6 heteroatoms. The van der Waals surface area contributed by atoms with Gasteiger partial charge in [-0.2, -0.15) is 0 Å². The molecule has 0 spiro atoms. The molecule has 1 aromatic rings. The summed E-state index contributed by atoms with van der Waals surface area (Å²) in [5.74, 6) is 0.357. The highest BCUT2D eigenvalue weighted by molar-refractivity contribution is 6.31. The van der Waals surface area contributed by atoms with Gasteiger partial charge in [0.15, 0.2) is 0 Å². The van der Waals surface area contributed by atoms with Crippen molar-refractivity contribution in [3.63, 3.8) is 0 Å². The molecule has 0 aliphatic carbocycles. The van der Waals surface area contributed by atoms with Crippen LogP contribution in [0.15, 0.2) is 18.2 Å². The van der Waals surface area contributed by atoms with Crippen molar-refractivity contribution in [1.29, 1.82) is 0 Å². The lowest BCUT2D eigenvalue weighted by atomic mass is 10.1. The van der Waals surface area contributed by atoms with Crippen LogP contribution in [0.4, 0.5) is 5.69 Å². The van der Waals surface area contributed by atoms with E-state index in [-0.39, 0.29) is 11.8 Å². The Kier molecular flexibility index (Phi) is 8.12. The van der Waals surface area contributed by atoms with Gasteiger partial charge in [0.2, 0.25) is 5.91 Å². The van der Waals surface area contributed by atoms with Crippen molar-refractivity contribution in [1.82, 2.24) is 5.32 Å². The quantitative estimate of drug-likeness (QED) is 0.688. The first-order valence-electron chi connectivity index (χ1n) is 7.04. The van der Waals surface area contributed by atoms with Crippen molar-refractivity contribution in [2.24, 2.45) is 5.92 Å². The van der Waals surface area contributed by atoms with E-state index in [9.17, 15) is 4.79 Å². The predicted molar refractivity (Wildman–Crippen MR) is 85.2 cm³/mol. The maximum atomic E-state index is 12.1. The highest BCUT2D eigenvalue weighted by atomic mass is 35.5. The zero-order valence-corrected chi connectivity index (χ0v) is 13.5. The molecule has 21 heavy (non-hydrogen) atoms. The number of amides is 1. The summed E-state index contributed by atoms with van der Waals surface area (Å²) in [7, 11) is 1.81. The molecule has 1 unspecified atom stereocenters. The Balaban J connectivity index is 2.70. The number of nitrogens with one attached hydrogen (secondary N) is 2. The van der Waals surface area contributed by atoms with Crippen LogP contribution in [0, 0.1) is 5.92 Å². The van der Waals surface area contributed by atoms with Crippen LogP contribution in [0.5, 0.6) is 5.75 Å². The van der Waals surface area contributed by atoms with Crippen LogP contribution in [0.1, 0.15) is 13.8 Å². The molecule has 0 bridgehead atoms. The Labute approximate surface area is 131 Å². The van der Waals surface area contributed by atoms with Crippen LogP contribution in [-0.4, -0.2) is 39.3 Å². The Bertz CT molecular complexity index is 455. The first-order valence-corrected chi connectivity index (χ1v) is 7.41. The molecule has 1 aromatic carbocycles. The van der Waals surface area contributed by atoms with E-state index in [4.69, 9.17) is 21.1 Å². The third kappa shape index (κ3) is 6.33. The summed E-state index contributed by atoms with van der Waals surface area (Å²) >= 11 is 5.98. The van der Waals surface area contributed by atoms with Crippen LogP contribution in [0.3, 0.4) is 0 Å². The highest BCUT2D eigenvalue weighted by Gasteiger charge is 2.14. The summed E-state index contributed by atoms with van der Waals surface area (Å²) in [6.45, 7) is 5.96. The van der Waals surface area contributed by atoms with Gasteiger partial charge in [0, 0.05) is 24.1 Å². The van der Waals surface area contributed by atoms with Crippen molar-refractivity contribution in [2.75, 3.05) is 38.7 Å². The number of hydrogen-bond acceptors (Lipinski definition) is 4. The van der Waals surface area contributed by atoms with Crippen LogP contribution in [-0.2, 0) is 9.53 Å². The molecule has 1 atom stereocenters. The molecule has 1 rings (SSSR count). The lowest BCUT2D eigenvalue weighted by molar-refractivity contribution is -0.119. The van der Waals surface area contributed by atoms with E-state index in [1.807, 2.05) is 20.9 Å². The van der Waals surface area contributed by atoms with E-state index >= 15 is 0 Å². The van der Waals surface area contributed by atoms with Crippen molar-refractivity contribution in [2.45, 2.75) is 13.8 Å². The molecule has 0 aliphatic heterocycles. The van der Waals surface area contributed by atoms with Gasteiger partial charge in [-0.15, -0.1) is 0 Å². The molecule has 5 nitrogen and oxygen atoms in total. The Morgan fingerprint density at radius 3 is 2.81 bits per heavy atom. The van der Waals surface area contributed by atoms with Crippen molar-refractivity contribution >= 4 is 23.2 Å². The largest absolute Gasteiger partial charge is 0.489 e. The number of carbonyl (C=O) groups is 1. The summed E-state index contributed by atoms with van der Waals surface area (Å²) < 4.78 is 10.8. The zero-order valence-electron chi connectivity index (χ0n) is 12.7. The third-order valence-corrected chi connectivity index (χ3v) is 3.08. The summed E-state index contributed by atoms with van der Waals surface area (Å²) in [4.78, 5) is 12.1. The maximum absolute atomic E-state index is 12.1. The first kappa shape index (κ1) is 17.8. The number of benzene rings is 1. The fourth-order valence-electron chi connectivity index (χ4n) is 1.74. The van der Waals surface area contributed by atoms with E-state index < -0.39 is 0 Å². The first-order chi connectivity index (χ1) is 10.1. The van der Waals surface area contributed by atoms with Crippen LogP contribution < -0.4 is 15.4 Å². The molecule has 0 heterocycles. The van der Waals surface area contributed by atoms with E-state index in [2.05, 4.69) is 10.6 Å². The average Bonchev–Trinajstić information content (AvgIpc) is 2.45. The van der Waals surface area contributed by atoms with E-state index in [1.165, 1.54) is 0 Å². The van der Waals surface area contributed by atoms with Gasteiger partial charge in [-0.05, 0) is 32.2 Å². The van der Waals surface area contributed by atoms with Gasteiger partial charge in [-0.25, -0.2) is 0 Å². The average molecular weight is 315 g/mol. The fourth-order valence-corrected chi connectivity index (χ4v) is 1.91. The van der Waals surface area contributed by atoms with Gasteiger partial charge in [-0.1, -0.05) is 18.5 Å². The normalized spacial score (nSPS) is 12.0. The smallest absolute Gasteiger partial charge is 0.228 e. The molecule has 0 saturated carbocycles. The molecule has 1 amide bonds. The van der Waals surface area contributed by atoms with Gasteiger partial charge >= 0.3 is 0 Å². The number of anilines is 1. The second-order valence-electron chi connectivity index (χ2n) is 4.63. The lowest BCUT2D eigenvalue weighted by Crippen LogP contribution is -2.28. The second kappa shape index (κ2) is 9.60. The summed E-state index contributed by atoms with van der Waals surface area (Å²) in [6, 6.07) is 5.15. The minimum atomic E-state index is -0.148. The second-order valence-corrected chi connectivity index (χ2v) is 5.07. The Morgan fingerprint density at radius 1 is 1.38 bits per heavy atom. The van der Waals surface area contributed by atoms with E-state index in [1.54, 1.807) is 18.2 Å². The number of halogens is 1. The van der Waals surface area contributed by atoms with Gasteiger partial charge in [-0.3, -0.25) is 4.79 Å². The molecule has 0 aromatic heterocycles. The number of hydrogen-bond donors (Lipinski definition) is 2. The molecular weight excluding hydrogens is 292 g/mol. The van der Waals surface area contributed by atoms with Crippen LogP contribution in [0.2, 0.25) is 5.02 Å². The molecule has 0 radical (unpaired) electrons. The van der Waals surface area contributed by atoms with Crippen LogP contribution in [0.25, 0.3) is 0 Å². The summed E-state index contributed by atoms with van der Waals surface area (Å²) in [5.41, 5.74) is 0.576. The van der Waals surface area contributed by atoms with Crippen LogP contribution >= 0.6 is 11.6 Å². The molecule has 118 valence electrons. The Hall–Kier alpha value is -1.30. The topological polar surface area (TPSA) is 59.6 Å². The molecule has 0 fully saturated rings. The molecule has 2 N–H and O–H groups in total. The highest BCUT2D eigenvalue weighted by Crippen LogP contribution is 2.28. The molecular formula is C15H23ClN2O3. The maximum Gasteiger partial charge on any atom is 0.228 e. The monoisotopic (exact) mass is 314 g/mol. The zero-order chi connectivity index (χ0) is 15.7. The Morgan fingerprint density at radius 2 is 2.14 bits per heavy atom. The number of rotatable bonds is 9. The lowest BCUT2D eigenvalue weighted by Gasteiger charge is -2.15. The van der Waals surface area contributed by atoms with Gasteiger partial charge < -0.3 is 20.1 Å². The SMILES string of the molecule is CCOCCOc1ccc(Cl)cc1NC(=O)C(C)CNC. The fraction of sp³-hybridized carbons (Fsp3) is 0.533. The van der Waals surface area contributed by atoms with Crippen molar-refractivity contribution in [3.8, 4) is 5.75 Å². The predicted octanol–water partition coefficient (Wildman–Crippen LogP) is 2.55. The third-order valence-electron chi connectivity index (χ3n) is 2.85. The summed E-state index contributed by atoms with van der Waals surface area (Å²) in [6.07, 6.45) is 0. The van der Waals surface area contributed by atoms with E-state index in [0.29, 0.717) is 42.8 Å². The van der Waals surface area contributed by atoms with Gasteiger partial charge in [0.05, 0.1) is 12.3 Å². The minimum Gasteiger partial charge on any atom is -0.489 e. The number of ether oxygens (including phenoxy) is 2. The summed E-state index contributed by atoms with van der Waals surface area (Å²) in [5, 5.41) is 6.37. The van der Waals surface area contributed by atoms with E-state index in [0.717, 1.165) is 0 Å². The minimum absolute atomic E-state index is 0.0822. The number of carbonyl (C=O) groups excluding carboxylic acids is 1. The molecule has 0 saturated heterocycles. The molecule has 0 aliphatic rings. The van der Waals surface area contributed by atoms with Crippen molar-refractivity contribution in [3.05, 3.63) is 23.2 Å². The van der Waals surface area contributed by atoms with Gasteiger partial charge in [0.25, 0.3) is 0 Å². The van der Waals surface area contributed by atoms with Crippen molar-refractivity contribution < 1.29 is 14.3 Å².